The third kappa shape index (κ3) is 6.05. The number of alkyl halides is 6. The minimum absolute atomic E-state index is 0.0479. The minimum Gasteiger partial charge on any atom is -0.404 e. The molecule has 0 aliphatic rings. The van der Waals surface area contributed by atoms with Gasteiger partial charge in [0.05, 0.1) is 22.7 Å². The number of halogens is 7. The lowest BCUT2D eigenvalue weighted by molar-refractivity contribution is -0.274. The molecule has 1 amide bonds. The first kappa shape index (κ1) is 24.6. The normalized spacial score (nSPS) is 12.8. The molecule has 0 bridgehead atoms. The fourth-order valence-electron chi connectivity index (χ4n) is 2.84. The van der Waals surface area contributed by atoms with Crippen LogP contribution in [-0.4, -0.2) is 37.5 Å². The summed E-state index contributed by atoms with van der Waals surface area (Å²) in [6.45, 7) is 2.73. The van der Waals surface area contributed by atoms with E-state index in [9.17, 15) is 36.2 Å². The van der Waals surface area contributed by atoms with Crippen LogP contribution in [-0.2, 0) is 11.0 Å². The van der Waals surface area contributed by atoms with Crippen LogP contribution in [0.3, 0.4) is 0 Å². The highest BCUT2D eigenvalue weighted by Crippen LogP contribution is 2.35. The zero-order valence-electron chi connectivity index (χ0n) is 16.8. The highest BCUT2D eigenvalue weighted by Gasteiger charge is 2.34. The molecule has 1 aromatic carbocycles. The predicted octanol–water partition coefficient (Wildman–Crippen LogP) is 5.09. The number of carbonyl (C=O) groups is 1. The van der Waals surface area contributed by atoms with E-state index in [1.165, 1.54) is 13.8 Å². The number of benzene rings is 1. The molecule has 0 spiro atoms. The summed E-state index contributed by atoms with van der Waals surface area (Å²) in [7, 11) is 0. The molecule has 3 aromatic rings. The first-order chi connectivity index (χ1) is 15.0. The van der Waals surface area contributed by atoms with Crippen LogP contribution in [0, 0.1) is 0 Å². The van der Waals surface area contributed by atoms with E-state index >= 15 is 0 Å². The number of pyridine rings is 1. The first-order valence-electron chi connectivity index (χ1n) is 9.08. The van der Waals surface area contributed by atoms with Crippen LogP contribution in [0.5, 0.6) is 5.75 Å². The zero-order chi connectivity index (χ0) is 24.8. The fourth-order valence-corrected chi connectivity index (χ4v) is 3.06. The number of fused-ring (bicyclic) bond motifs is 1. The molecule has 2 N–H and O–H groups in total. The molecule has 2 heterocycles. The maximum absolute atomic E-state index is 13.2. The number of nitrogens with one attached hydrogen (secondary N) is 1. The molecule has 0 fully saturated rings. The third-order valence-corrected chi connectivity index (χ3v) is 4.33. The lowest BCUT2D eigenvalue weighted by Gasteiger charge is -2.17. The van der Waals surface area contributed by atoms with Crippen LogP contribution in [0.2, 0.25) is 5.02 Å². The summed E-state index contributed by atoms with van der Waals surface area (Å²) >= 11 is 5.87. The van der Waals surface area contributed by atoms with E-state index in [2.05, 4.69) is 20.0 Å². The van der Waals surface area contributed by atoms with Gasteiger partial charge in [0.25, 0.3) is 0 Å². The van der Waals surface area contributed by atoms with E-state index in [-0.39, 0.29) is 29.2 Å². The Morgan fingerprint density at radius 3 is 2.33 bits per heavy atom. The van der Waals surface area contributed by atoms with Crippen molar-refractivity contribution >= 4 is 34.6 Å². The average Bonchev–Trinajstić information content (AvgIpc) is 2.96. The number of hydrogen-bond donors (Lipinski definition) is 2. The monoisotopic (exact) mass is 496 g/mol. The van der Waals surface area contributed by atoms with Gasteiger partial charge in [-0.3, -0.25) is 14.7 Å². The van der Waals surface area contributed by atoms with Gasteiger partial charge in [0, 0.05) is 0 Å². The van der Waals surface area contributed by atoms with Crippen molar-refractivity contribution in [2.24, 2.45) is 0 Å². The van der Waals surface area contributed by atoms with Crippen LogP contribution >= 0.6 is 11.6 Å². The van der Waals surface area contributed by atoms with Crippen molar-refractivity contribution in [3.05, 3.63) is 41.0 Å². The molecule has 178 valence electrons. The number of imidazole rings is 1. The van der Waals surface area contributed by atoms with Crippen molar-refractivity contribution in [3.8, 4) is 11.4 Å². The fraction of sp³-hybridized carbons (Fsp3) is 0.316. The molecule has 14 heteroatoms. The molecule has 33 heavy (non-hydrogen) atoms. The quantitative estimate of drug-likeness (QED) is 0.480. The van der Waals surface area contributed by atoms with Crippen molar-refractivity contribution in [1.29, 1.82) is 0 Å². The second-order valence-corrected chi connectivity index (χ2v) is 7.91. The molecule has 2 aromatic heterocycles. The topological polar surface area (TPSA) is 89.3 Å². The van der Waals surface area contributed by atoms with Crippen LogP contribution in [0.1, 0.15) is 26.0 Å². The average molecular weight is 497 g/mol. The molecule has 0 radical (unpaired) electrons. The summed E-state index contributed by atoms with van der Waals surface area (Å²) in [4.78, 5) is 19.9. The maximum atomic E-state index is 13.2. The van der Waals surface area contributed by atoms with Crippen LogP contribution in [0.25, 0.3) is 16.9 Å². The van der Waals surface area contributed by atoms with E-state index in [1.54, 1.807) is 0 Å². The second kappa shape index (κ2) is 8.37. The zero-order valence-corrected chi connectivity index (χ0v) is 17.6. The Labute approximate surface area is 186 Å². The standard InChI is InChI=1S/C19H15ClF6N4O3/c1-17(2,32)8-14(31)29-16-27-11-4-6-13(18(21,22)23)28-15(11)30(16)9-3-5-12(10(20)7-9)33-19(24,25)26/h3-7,32H,8H2,1-2H3,(H,27,29,31). The first-order valence-corrected chi connectivity index (χ1v) is 9.46. The Balaban J connectivity index is 2.16. The van der Waals surface area contributed by atoms with Gasteiger partial charge in [-0.2, -0.15) is 13.2 Å². The summed E-state index contributed by atoms with van der Waals surface area (Å²) < 4.78 is 81.9. The van der Waals surface area contributed by atoms with Gasteiger partial charge in [-0.05, 0) is 44.2 Å². The van der Waals surface area contributed by atoms with Crippen molar-refractivity contribution in [3.63, 3.8) is 0 Å². The highest BCUT2D eigenvalue weighted by atomic mass is 35.5. The summed E-state index contributed by atoms with van der Waals surface area (Å²) in [6, 6.07) is 4.62. The lowest BCUT2D eigenvalue weighted by atomic mass is 10.1. The van der Waals surface area contributed by atoms with E-state index < -0.39 is 40.5 Å². The van der Waals surface area contributed by atoms with Gasteiger partial charge < -0.3 is 9.84 Å². The number of amides is 1. The molecule has 3 rings (SSSR count). The summed E-state index contributed by atoms with van der Waals surface area (Å²) in [5.74, 6) is -1.75. The van der Waals surface area contributed by atoms with E-state index in [0.717, 1.165) is 28.8 Å². The minimum atomic E-state index is -5.02. The second-order valence-electron chi connectivity index (χ2n) is 7.51. The van der Waals surface area contributed by atoms with Crippen molar-refractivity contribution in [1.82, 2.24) is 14.5 Å². The molecule has 0 saturated carbocycles. The molecular formula is C19H15ClF6N4O3. The smallest absolute Gasteiger partial charge is 0.404 e. The van der Waals surface area contributed by atoms with Gasteiger partial charge in [-0.1, -0.05) is 11.6 Å². The highest BCUT2D eigenvalue weighted by molar-refractivity contribution is 6.32. The molecule has 0 unspecified atom stereocenters. The Kier molecular flexibility index (Phi) is 6.24. The number of rotatable bonds is 5. The largest absolute Gasteiger partial charge is 0.573 e. The Morgan fingerprint density at radius 2 is 1.79 bits per heavy atom. The maximum Gasteiger partial charge on any atom is 0.573 e. The predicted molar refractivity (Wildman–Crippen MR) is 105 cm³/mol. The van der Waals surface area contributed by atoms with Gasteiger partial charge in [0.2, 0.25) is 11.9 Å². The summed E-state index contributed by atoms with van der Waals surface area (Å²) in [6.07, 6.45) is -10.2. The van der Waals surface area contributed by atoms with Gasteiger partial charge in [-0.15, -0.1) is 13.2 Å². The molecular weight excluding hydrogens is 482 g/mol. The molecule has 0 aliphatic heterocycles. The van der Waals surface area contributed by atoms with Crippen molar-refractivity contribution < 1.29 is 41.0 Å². The van der Waals surface area contributed by atoms with Crippen molar-refractivity contribution in [2.75, 3.05) is 5.32 Å². The molecule has 0 saturated heterocycles. The number of aliphatic hydroxyl groups is 1. The van der Waals surface area contributed by atoms with Crippen LogP contribution < -0.4 is 10.1 Å². The Morgan fingerprint density at radius 1 is 1.12 bits per heavy atom. The Hall–Kier alpha value is -3.06. The van der Waals surface area contributed by atoms with Crippen molar-refractivity contribution in [2.45, 2.75) is 38.4 Å². The van der Waals surface area contributed by atoms with E-state index in [1.807, 2.05) is 0 Å². The SMILES string of the molecule is CC(C)(O)CC(=O)Nc1nc2ccc(C(F)(F)F)nc2n1-c1ccc(OC(F)(F)F)c(Cl)c1. The van der Waals surface area contributed by atoms with Crippen LogP contribution in [0.4, 0.5) is 32.3 Å². The number of carbonyl (C=O) groups excluding carboxylic acids is 1. The molecule has 7 nitrogen and oxygen atoms in total. The number of ether oxygens (including phenoxy) is 1. The van der Waals surface area contributed by atoms with E-state index in [0.29, 0.717) is 6.07 Å². The number of anilines is 1. The Bertz CT molecular complexity index is 1200. The molecule has 0 atom stereocenters. The van der Waals surface area contributed by atoms with E-state index in [4.69, 9.17) is 11.6 Å². The molecule has 0 aliphatic carbocycles. The number of nitrogens with zero attached hydrogens (tertiary/aromatic N) is 3. The lowest BCUT2D eigenvalue weighted by Crippen LogP contribution is -2.28. The van der Waals surface area contributed by atoms with Gasteiger partial charge >= 0.3 is 12.5 Å². The number of hydrogen-bond acceptors (Lipinski definition) is 5. The number of aromatic nitrogens is 3. The van der Waals surface area contributed by atoms with Crippen LogP contribution in [0.15, 0.2) is 30.3 Å². The van der Waals surface area contributed by atoms with Gasteiger partial charge in [0.15, 0.2) is 5.65 Å². The summed E-state index contributed by atoms with van der Waals surface area (Å²) in [5, 5.41) is 11.7. The third-order valence-electron chi connectivity index (χ3n) is 4.04. The summed E-state index contributed by atoms with van der Waals surface area (Å²) in [5.41, 5.74) is -3.10. The van der Waals surface area contributed by atoms with Gasteiger partial charge in [0.1, 0.15) is 17.0 Å². The van der Waals surface area contributed by atoms with Gasteiger partial charge in [-0.25, -0.2) is 9.97 Å².